The fourth-order valence-corrected chi connectivity index (χ4v) is 3.68. The Labute approximate surface area is 153 Å². The zero-order valence-corrected chi connectivity index (χ0v) is 14.7. The number of halogens is 1. The van der Waals surface area contributed by atoms with Crippen LogP contribution in [0.4, 0.5) is 5.82 Å². The third kappa shape index (κ3) is 3.43. The van der Waals surface area contributed by atoms with Crippen molar-refractivity contribution in [3.8, 4) is 0 Å². The topological polar surface area (TPSA) is 46.9 Å². The Bertz CT molecular complexity index is 1000. The molecule has 0 bridgehead atoms. The summed E-state index contributed by atoms with van der Waals surface area (Å²) in [5.74, 6) is 0.538. The molecule has 0 aliphatic carbocycles. The van der Waals surface area contributed by atoms with E-state index in [9.17, 15) is 4.79 Å². The van der Waals surface area contributed by atoms with Gasteiger partial charge in [0.1, 0.15) is 5.82 Å². The molecular weight excluding hydrogens is 354 g/mol. The molecule has 0 aliphatic rings. The van der Waals surface area contributed by atoms with Crippen LogP contribution in [0.2, 0.25) is 5.02 Å². The second kappa shape index (κ2) is 6.70. The van der Waals surface area contributed by atoms with Crippen molar-refractivity contribution in [3.05, 3.63) is 82.3 Å². The van der Waals surface area contributed by atoms with Gasteiger partial charge in [0.15, 0.2) is 0 Å². The highest BCUT2D eigenvalue weighted by molar-refractivity contribution is 7.20. The Kier molecular flexibility index (Phi) is 4.26. The van der Waals surface area contributed by atoms with Crippen LogP contribution >= 0.6 is 22.9 Å². The lowest BCUT2D eigenvalue weighted by Gasteiger charge is -2.08. The number of hydrogen-bond donors (Lipinski definition) is 1. The van der Waals surface area contributed by atoms with Gasteiger partial charge >= 0.3 is 0 Å². The minimum Gasteiger partial charge on any atom is -0.306 e. The van der Waals surface area contributed by atoms with E-state index >= 15 is 0 Å². The van der Waals surface area contributed by atoms with Crippen LogP contribution in [0, 0.1) is 0 Å². The molecule has 4 aromatic rings. The van der Waals surface area contributed by atoms with E-state index in [-0.39, 0.29) is 5.91 Å². The number of hydrogen-bond acceptors (Lipinski definition) is 3. The predicted octanol–water partition coefficient (Wildman–Crippen LogP) is 5.05. The SMILES string of the molecule is O=C(Nc1ccnn1Cc1ccc(Cl)cc1)c1cc2ccccc2s1. The summed E-state index contributed by atoms with van der Waals surface area (Å²) in [6.45, 7) is 0.562. The lowest BCUT2D eigenvalue weighted by molar-refractivity contribution is 0.102. The second-order valence-corrected chi connectivity index (χ2v) is 7.12. The van der Waals surface area contributed by atoms with Gasteiger partial charge in [-0.3, -0.25) is 4.79 Å². The molecule has 124 valence electrons. The van der Waals surface area contributed by atoms with Crippen molar-refractivity contribution < 1.29 is 4.79 Å². The van der Waals surface area contributed by atoms with Crippen LogP contribution in [-0.2, 0) is 6.54 Å². The Hall–Kier alpha value is -2.63. The number of thiophene rings is 1. The molecule has 6 heteroatoms. The first-order valence-electron chi connectivity index (χ1n) is 7.75. The highest BCUT2D eigenvalue weighted by atomic mass is 35.5. The average Bonchev–Trinajstić information content (AvgIpc) is 3.24. The normalized spacial score (nSPS) is 10.9. The maximum atomic E-state index is 12.6. The molecular formula is C19H14ClN3OS. The van der Waals surface area contributed by atoms with Crippen LogP contribution in [0.3, 0.4) is 0 Å². The minimum absolute atomic E-state index is 0.126. The molecule has 1 N–H and O–H groups in total. The van der Waals surface area contributed by atoms with Crippen LogP contribution < -0.4 is 5.32 Å². The molecule has 2 heterocycles. The van der Waals surface area contributed by atoms with Gasteiger partial charge in [-0.15, -0.1) is 11.3 Å². The summed E-state index contributed by atoms with van der Waals surface area (Å²) < 4.78 is 2.86. The first-order chi connectivity index (χ1) is 12.2. The van der Waals surface area contributed by atoms with E-state index in [0.29, 0.717) is 22.3 Å². The van der Waals surface area contributed by atoms with E-state index < -0.39 is 0 Å². The third-order valence-corrected chi connectivity index (χ3v) is 5.22. The van der Waals surface area contributed by atoms with Crippen molar-refractivity contribution in [2.24, 2.45) is 0 Å². The number of anilines is 1. The molecule has 0 radical (unpaired) electrons. The van der Waals surface area contributed by atoms with Crippen LogP contribution in [0.15, 0.2) is 66.9 Å². The predicted molar refractivity (Wildman–Crippen MR) is 103 cm³/mol. The van der Waals surface area contributed by atoms with Crippen molar-refractivity contribution in [1.82, 2.24) is 9.78 Å². The molecule has 0 aliphatic heterocycles. The van der Waals surface area contributed by atoms with Gasteiger partial charge in [0.05, 0.1) is 17.6 Å². The summed E-state index contributed by atoms with van der Waals surface area (Å²) in [5, 5.41) is 9.01. The number of rotatable bonds is 4. The number of aromatic nitrogens is 2. The van der Waals surface area contributed by atoms with Crippen LogP contribution in [0.1, 0.15) is 15.2 Å². The van der Waals surface area contributed by atoms with E-state index in [4.69, 9.17) is 11.6 Å². The molecule has 0 atom stereocenters. The number of amides is 1. The summed E-state index contributed by atoms with van der Waals surface area (Å²) in [5.41, 5.74) is 1.06. The molecule has 0 saturated heterocycles. The number of fused-ring (bicyclic) bond motifs is 1. The van der Waals surface area contributed by atoms with E-state index in [2.05, 4.69) is 10.4 Å². The quantitative estimate of drug-likeness (QED) is 0.548. The summed E-state index contributed by atoms with van der Waals surface area (Å²) >= 11 is 7.40. The van der Waals surface area contributed by atoms with Crippen LogP contribution in [0.25, 0.3) is 10.1 Å². The molecule has 1 amide bonds. The Balaban J connectivity index is 1.53. The number of benzene rings is 2. The van der Waals surface area contributed by atoms with Gasteiger partial charge in [0.25, 0.3) is 5.91 Å². The summed E-state index contributed by atoms with van der Waals surface area (Å²) in [6, 6.07) is 19.2. The first kappa shape index (κ1) is 15.9. The smallest absolute Gasteiger partial charge is 0.266 e. The number of carbonyl (C=O) groups excluding carboxylic acids is 1. The van der Waals surface area contributed by atoms with E-state index in [0.717, 1.165) is 15.6 Å². The Morgan fingerprint density at radius 3 is 2.72 bits per heavy atom. The maximum Gasteiger partial charge on any atom is 0.266 e. The number of nitrogens with zero attached hydrogens (tertiary/aromatic N) is 2. The van der Waals surface area contributed by atoms with Gasteiger partial charge < -0.3 is 5.32 Å². The molecule has 0 unspecified atom stereocenters. The molecule has 4 nitrogen and oxygen atoms in total. The highest BCUT2D eigenvalue weighted by Crippen LogP contribution is 2.26. The fraction of sp³-hybridized carbons (Fsp3) is 0.0526. The lowest BCUT2D eigenvalue weighted by atomic mass is 10.2. The second-order valence-electron chi connectivity index (χ2n) is 5.60. The standard InChI is InChI=1S/C19H14ClN3OS/c20-15-7-5-13(6-8-15)12-23-18(9-10-21-23)22-19(24)17-11-14-3-1-2-4-16(14)25-17/h1-11H,12H2,(H,22,24). The zero-order valence-electron chi connectivity index (χ0n) is 13.1. The molecule has 25 heavy (non-hydrogen) atoms. The van der Waals surface area contributed by atoms with Gasteiger partial charge in [0.2, 0.25) is 0 Å². The summed E-state index contributed by atoms with van der Waals surface area (Å²) in [7, 11) is 0. The van der Waals surface area contributed by atoms with Crippen molar-refractivity contribution in [2.45, 2.75) is 6.54 Å². The fourth-order valence-electron chi connectivity index (χ4n) is 2.60. The minimum atomic E-state index is -0.126. The molecule has 2 aromatic heterocycles. The maximum absolute atomic E-state index is 12.6. The first-order valence-corrected chi connectivity index (χ1v) is 8.95. The van der Waals surface area contributed by atoms with Crippen LogP contribution in [-0.4, -0.2) is 15.7 Å². The average molecular weight is 368 g/mol. The van der Waals surface area contributed by atoms with Gasteiger partial charge in [-0.25, -0.2) is 4.68 Å². The van der Waals surface area contributed by atoms with E-state index in [1.807, 2.05) is 54.6 Å². The Morgan fingerprint density at radius 1 is 1.12 bits per heavy atom. The molecule has 0 fully saturated rings. The van der Waals surface area contributed by atoms with Gasteiger partial charge in [-0.2, -0.15) is 5.10 Å². The monoisotopic (exact) mass is 367 g/mol. The molecule has 0 saturated carbocycles. The van der Waals surface area contributed by atoms with Gasteiger partial charge in [0, 0.05) is 15.8 Å². The largest absolute Gasteiger partial charge is 0.306 e. The van der Waals surface area contributed by atoms with Crippen molar-refractivity contribution >= 4 is 44.7 Å². The lowest BCUT2D eigenvalue weighted by Crippen LogP contribution is -2.15. The number of carbonyl (C=O) groups is 1. The van der Waals surface area contributed by atoms with Gasteiger partial charge in [-0.1, -0.05) is 41.9 Å². The van der Waals surface area contributed by atoms with E-state index in [1.54, 1.807) is 16.9 Å². The van der Waals surface area contributed by atoms with E-state index in [1.165, 1.54) is 11.3 Å². The number of nitrogens with one attached hydrogen (secondary N) is 1. The Morgan fingerprint density at radius 2 is 1.92 bits per heavy atom. The van der Waals surface area contributed by atoms with Crippen LogP contribution in [0.5, 0.6) is 0 Å². The summed E-state index contributed by atoms with van der Waals surface area (Å²) in [4.78, 5) is 13.3. The third-order valence-electron chi connectivity index (χ3n) is 3.85. The summed E-state index contributed by atoms with van der Waals surface area (Å²) in [6.07, 6.45) is 1.68. The molecule has 0 spiro atoms. The molecule has 4 rings (SSSR count). The molecule has 2 aromatic carbocycles. The highest BCUT2D eigenvalue weighted by Gasteiger charge is 2.13. The van der Waals surface area contributed by atoms with Gasteiger partial charge in [-0.05, 0) is 35.2 Å². The van der Waals surface area contributed by atoms with Crippen molar-refractivity contribution in [3.63, 3.8) is 0 Å². The van der Waals surface area contributed by atoms with Crippen molar-refractivity contribution in [2.75, 3.05) is 5.32 Å². The van der Waals surface area contributed by atoms with Crippen molar-refractivity contribution in [1.29, 1.82) is 0 Å². The zero-order chi connectivity index (χ0) is 17.2.